The molecular weight excluding hydrogens is 330 g/mol. The van der Waals surface area contributed by atoms with Crippen molar-refractivity contribution in [2.24, 2.45) is 0 Å². The third-order valence-electron chi connectivity index (χ3n) is 4.95. The monoisotopic (exact) mass is 345 g/mol. The molecule has 0 radical (unpaired) electrons. The Morgan fingerprint density at radius 3 is 2.00 bits per heavy atom. The summed E-state index contributed by atoms with van der Waals surface area (Å²) in [5, 5.41) is 2.91. The molecule has 0 saturated carbocycles. The summed E-state index contributed by atoms with van der Waals surface area (Å²) in [6.45, 7) is 3.48. The standard InChI is InChI=1S/C21H15NO4/c1-3-11-8-9-14(22-17-10(2)18(23)21(17)26)16-15(11)19(24)12-6-4-5-7-13(12)20(16)25/h4-9,22H,3H2,1-2H3. The Morgan fingerprint density at radius 2 is 1.42 bits per heavy atom. The Labute approximate surface area is 149 Å². The number of hydrogen-bond donors (Lipinski definition) is 1. The van der Waals surface area contributed by atoms with Gasteiger partial charge in [0.1, 0.15) is 0 Å². The van der Waals surface area contributed by atoms with Gasteiger partial charge in [-0.05, 0) is 25.0 Å². The largest absolute Gasteiger partial charge is 0.351 e. The van der Waals surface area contributed by atoms with E-state index in [4.69, 9.17) is 0 Å². The summed E-state index contributed by atoms with van der Waals surface area (Å²) in [6, 6.07) is 10.2. The van der Waals surface area contributed by atoms with Gasteiger partial charge in [-0.3, -0.25) is 19.2 Å². The van der Waals surface area contributed by atoms with Crippen LogP contribution in [-0.4, -0.2) is 11.6 Å². The quantitative estimate of drug-likeness (QED) is 0.578. The first-order valence-electron chi connectivity index (χ1n) is 8.37. The summed E-state index contributed by atoms with van der Waals surface area (Å²) < 4.78 is 0. The van der Waals surface area contributed by atoms with E-state index in [2.05, 4.69) is 5.32 Å². The molecule has 0 aliphatic heterocycles. The van der Waals surface area contributed by atoms with Crippen LogP contribution >= 0.6 is 0 Å². The van der Waals surface area contributed by atoms with E-state index >= 15 is 0 Å². The zero-order valence-corrected chi connectivity index (χ0v) is 14.3. The highest BCUT2D eigenvalue weighted by Crippen LogP contribution is 2.35. The summed E-state index contributed by atoms with van der Waals surface area (Å²) in [6.07, 6.45) is 0.600. The van der Waals surface area contributed by atoms with Gasteiger partial charge in [0.15, 0.2) is 11.6 Å². The zero-order chi connectivity index (χ0) is 18.6. The van der Waals surface area contributed by atoms with E-state index in [0.717, 1.165) is 5.56 Å². The van der Waals surface area contributed by atoms with Crippen LogP contribution in [0.4, 0.5) is 11.4 Å². The van der Waals surface area contributed by atoms with Crippen molar-refractivity contribution >= 4 is 22.9 Å². The number of rotatable bonds is 3. The fraction of sp³-hybridized carbons (Fsp3) is 0.143. The number of carbonyl (C=O) groups is 2. The molecule has 0 atom stereocenters. The first-order chi connectivity index (χ1) is 12.5. The van der Waals surface area contributed by atoms with Crippen molar-refractivity contribution < 1.29 is 9.59 Å². The van der Waals surface area contributed by atoms with E-state index < -0.39 is 10.9 Å². The van der Waals surface area contributed by atoms with Crippen molar-refractivity contribution in [1.29, 1.82) is 0 Å². The van der Waals surface area contributed by atoms with Crippen molar-refractivity contribution in [2.45, 2.75) is 20.3 Å². The van der Waals surface area contributed by atoms with E-state index in [1.54, 1.807) is 43.3 Å². The van der Waals surface area contributed by atoms with Crippen molar-refractivity contribution in [1.82, 2.24) is 0 Å². The first kappa shape index (κ1) is 16.1. The smallest absolute Gasteiger partial charge is 0.249 e. The summed E-state index contributed by atoms with van der Waals surface area (Å²) in [5.74, 6) is -0.457. The van der Waals surface area contributed by atoms with Crippen molar-refractivity contribution in [3.8, 4) is 0 Å². The molecule has 3 aromatic carbocycles. The van der Waals surface area contributed by atoms with Crippen molar-refractivity contribution in [3.63, 3.8) is 0 Å². The molecule has 1 aliphatic carbocycles. The lowest BCUT2D eigenvalue weighted by molar-refractivity contribution is 0.0979. The van der Waals surface area contributed by atoms with Crippen LogP contribution in [0.15, 0.2) is 46.0 Å². The predicted octanol–water partition coefficient (Wildman–Crippen LogP) is 2.67. The SMILES string of the molecule is CCc1ccc(Nc2c(C)c(=O)c2=O)c2c1C(=O)c1ccccc1C2=O. The molecule has 0 aromatic heterocycles. The lowest BCUT2D eigenvalue weighted by Crippen LogP contribution is -2.36. The molecule has 0 fully saturated rings. The van der Waals surface area contributed by atoms with E-state index in [9.17, 15) is 19.2 Å². The topological polar surface area (TPSA) is 80.3 Å². The second kappa shape index (κ2) is 5.59. The fourth-order valence-electron chi connectivity index (χ4n) is 3.48. The van der Waals surface area contributed by atoms with E-state index in [1.807, 2.05) is 6.92 Å². The normalized spacial score (nSPS) is 12.8. The summed E-state index contributed by atoms with van der Waals surface area (Å²) >= 11 is 0. The molecule has 5 heteroatoms. The molecule has 0 spiro atoms. The second-order valence-corrected chi connectivity index (χ2v) is 6.36. The summed E-state index contributed by atoms with van der Waals surface area (Å²) in [5.41, 5.74) is 1.91. The number of aryl methyl sites for hydroxylation is 1. The molecular formula is C21H15NO4. The molecule has 0 saturated heterocycles. The van der Waals surface area contributed by atoms with Gasteiger partial charge in [-0.25, -0.2) is 0 Å². The van der Waals surface area contributed by atoms with Gasteiger partial charge in [-0.15, -0.1) is 0 Å². The van der Waals surface area contributed by atoms with Crippen LogP contribution in [0.5, 0.6) is 0 Å². The Morgan fingerprint density at radius 1 is 0.808 bits per heavy atom. The highest BCUT2D eigenvalue weighted by atomic mass is 16.2. The van der Waals surface area contributed by atoms with Gasteiger partial charge < -0.3 is 5.32 Å². The third-order valence-corrected chi connectivity index (χ3v) is 4.95. The van der Waals surface area contributed by atoms with Crippen LogP contribution in [0.3, 0.4) is 0 Å². The van der Waals surface area contributed by atoms with Gasteiger partial charge in [-0.1, -0.05) is 37.3 Å². The van der Waals surface area contributed by atoms with Crippen LogP contribution < -0.4 is 16.2 Å². The molecule has 0 heterocycles. The second-order valence-electron chi connectivity index (χ2n) is 6.36. The summed E-state index contributed by atoms with van der Waals surface area (Å²) in [4.78, 5) is 49.4. The molecule has 0 amide bonds. The molecule has 26 heavy (non-hydrogen) atoms. The van der Waals surface area contributed by atoms with E-state index in [1.165, 1.54) is 0 Å². The van der Waals surface area contributed by atoms with Gasteiger partial charge in [0.25, 0.3) is 0 Å². The van der Waals surface area contributed by atoms with E-state index in [0.29, 0.717) is 34.4 Å². The predicted molar refractivity (Wildman–Crippen MR) is 98.5 cm³/mol. The van der Waals surface area contributed by atoms with E-state index in [-0.39, 0.29) is 22.8 Å². The zero-order valence-electron chi connectivity index (χ0n) is 14.3. The Balaban J connectivity index is 1.95. The van der Waals surface area contributed by atoms with Gasteiger partial charge in [0.2, 0.25) is 10.9 Å². The molecule has 128 valence electrons. The molecule has 0 unspecified atom stereocenters. The molecule has 3 aromatic rings. The Bertz CT molecular complexity index is 1180. The van der Waals surface area contributed by atoms with Crippen LogP contribution in [0.25, 0.3) is 0 Å². The van der Waals surface area contributed by atoms with Crippen LogP contribution in [0.1, 0.15) is 49.9 Å². The van der Waals surface area contributed by atoms with Crippen LogP contribution in [0, 0.1) is 6.92 Å². The first-order valence-corrected chi connectivity index (χ1v) is 8.37. The fourth-order valence-corrected chi connectivity index (χ4v) is 3.48. The molecule has 4 rings (SSSR count). The highest BCUT2D eigenvalue weighted by Gasteiger charge is 2.33. The van der Waals surface area contributed by atoms with Crippen LogP contribution in [0.2, 0.25) is 0 Å². The highest BCUT2D eigenvalue weighted by molar-refractivity contribution is 6.30. The lowest BCUT2D eigenvalue weighted by atomic mass is 9.80. The number of ketones is 2. The number of anilines is 2. The minimum atomic E-state index is -0.606. The molecule has 5 nitrogen and oxygen atoms in total. The maximum absolute atomic E-state index is 13.1. The molecule has 0 bridgehead atoms. The number of benzene rings is 2. The number of hydrogen-bond acceptors (Lipinski definition) is 5. The van der Waals surface area contributed by atoms with Gasteiger partial charge in [-0.2, -0.15) is 0 Å². The lowest BCUT2D eigenvalue weighted by Gasteiger charge is -2.23. The average Bonchev–Trinajstić information content (AvgIpc) is 2.68. The number of nitrogens with one attached hydrogen (secondary N) is 1. The number of carbonyl (C=O) groups excluding carboxylic acids is 2. The summed E-state index contributed by atoms with van der Waals surface area (Å²) in [7, 11) is 0. The van der Waals surface area contributed by atoms with Gasteiger partial charge >= 0.3 is 0 Å². The molecule has 1 aliphatic rings. The maximum Gasteiger partial charge on any atom is 0.249 e. The number of fused-ring (bicyclic) bond motifs is 2. The minimum Gasteiger partial charge on any atom is -0.351 e. The Hall–Kier alpha value is -3.34. The third kappa shape index (κ3) is 2.03. The van der Waals surface area contributed by atoms with Gasteiger partial charge in [0, 0.05) is 22.3 Å². The van der Waals surface area contributed by atoms with Crippen molar-refractivity contribution in [3.05, 3.63) is 90.2 Å². The Kier molecular flexibility index (Phi) is 3.47. The maximum atomic E-state index is 13.1. The minimum absolute atomic E-state index is 0.181. The van der Waals surface area contributed by atoms with Crippen LogP contribution in [-0.2, 0) is 6.42 Å². The van der Waals surface area contributed by atoms with Crippen molar-refractivity contribution in [2.75, 3.05) is 5.32 Å². The average molecular weight is 345 g/mol. The van der Waals surface area contributed by atoms with Gasteiger partial charge in [0.05, 0.1) is 16.9 Å². The molecule has 1 N–H and O–H groups in total.